The van der Waals surface area contributed by atoms with Crippen LogP contribution in [0.2, 0.25) is 0 Å². The van der Waals surface area contributed by atoms with Crippen molar-refractivity contribution in [2.45, 2.75) is 46.1 Å². The maximum absolute atomic E-state index is 12.1. The SMILES string of the molecule is CCn1c(CC(=O)O)cc(=O)n2nc(C(C)(C)C)cc12. The Hall–Kier alpha value is -2.11. The maximum Gasteiger partial charge on any atom is 0.309 e. The first-order valence-electron chi connectivity index (χ1n) is 6.59. The lowest BCUT2D eigenvalue weighted by Crippen LogP contribution is -2.22. The first-order chi connectivity index (χ1) is 9.24. The number of rotatable bonds is 3. The van der Waals surface area contributed by atoms with Crippen LogP contribution in [-0.2, 0) is 23.2 Å². The smallest absolute Gasteiger partial charge is 0.309 e. The number of aryl methyl sites for hydroxylation is 1. The molecule has 0 bridgehead atoms. The minimum atomic E-state index is -0.952. The van der Waals surface area contributed by atoms with E-state index in [0.717, 1.165) is 5.69 Å². The summed E-state index contributed by atoms with van der Waals surface area (Å²) in [5, 5.41) is 13.3. The molecule has 2 rings (SSSR count). The van der Waals surface area contributed by atoms with E-state index in [9.17, 15) is 9.59 Å². The highest BCUT2D eigenvalue weighted by molar-refractivity contribution is 5.70. The third-order valence-corrected chi connectivity index (χ3v) is 3.23. The summed E-state index contributed by atoms with van der Waals surface area (Å²) < 4.78 is 3.16. The second-order valence-electron chi connectivity index (χ2n) is 5.84. The highest BCUT2D eigenvalue weighted by atomic mass is 16.4. The summed E-state index contributed by atoms with van der Waals surface area (Å²) in [7, 11) is 0. The van der Waals surface area contributed by atoms with Crippen molar-refractivity contribution in [3.05, 3.63) is 33.9 Å². The van der Waals surface area contributed by atoms with Gasteiger partial charge in [-0.05, 0) is 6.92 Å². The third-order valence-electron chi connectivity index (χ3n) is 3.23. The Morgan fingerprint density at radius 1 is 1.35 bits per heavy atom. The van der Waals surface area contributed by atoms with E-state index in [2.05, 4.69) is 5.10 Å². The fourth-order valence-electron chi connectivity index (χ4n) is 2.19. The van der Waals surface area contributed by atoms with Crippen molar-refractivity contribution in [3.63, 3.8) is 0 Å². The van der Waals surface area contributed by atoms with Gasteiger partial charge < -0.3 is 9.67 Å². The molecule has 0 aliphatic rings. The van der Waals surface area contributed by atoms with Gasteiger partial charge in [-0.25, -0.2) is 0 Å². The van der Waals surface area contributed by atoms with E-state index in [1.54, 1.807) is 0 Å². The van der Waals surface area contributed by atoms with Crippen LogP contribution in [0.25, 0.3) is 5.65 Å². The molecule has 0 saturated carbocycles. The topological polar surface area (TPSA) is 76.6 Å². The Morgan fingerprint density at radius 3 is 2.50 bits per heavy atom. The molecule has 0 aromatic carbocycles. The quantitative estimate of drug-likeness (QED) is 0.921. The average Bonchev–Trinajstić information content (AvgIpc) is 2.73. The molecule has 0 spiro atoms. The maximum atomic E-state index is 12.1. The molecule has 108 valence electrons. The molecule has 0 saturated heterocycles. The molecule has 0 unspecified atom stereocenters. The van der Waals surface area contributed by atoms with Crippen molar-refractivity contribution >= 4 is 11.6 Å². The van der Waals surface area contributed by atoms with Gasteiger partial charge in [-0.1, -0.05) is 20.8 Å². The molecule has 2 aromatic rings. The number of carboxylic acid groups (broad SMARTS) is 1. The first kappa shape index (κ1) is 14.3. The van der Waals surface area contributed by atoms with E-state index in [1.165, 1.54) is 10.6 Å². The molecule has 2 aromatic heterocycles. The van der Waals surface area contributed by atoms with E-state index in [1.807, 2.05) is 38.3 Å². The molecule has 20 heavy (non-hydrogen) atoms. The van der Waals surface area contributed by atoms with Gasteiger partial charge in [0.1, 0.15) is 5.65 Å². The summed E-state index contributed by atoms with van der Waals surface area (Å²) in [6.07, 6.45) is -0.171. The zero-order valence-electron chi connectivity index (χ0n) is 12.2. The number of aromatic nitrogens is 3. The van der Waals surface area contributed by atoms with Gasteiger partial charge in [0, 0.05) is 29.8 Å². The van der Waals surface area contributed by atoms with E-state index < -0.39 is 5.97 Å². The molecule has 0 aliphatic carbocycles. The van der Waals surface area contributed by atoms with Crippen molar-refractivity contribution in [1.82, 2.24) is 14.2 Å². The zero-order chi connectivity index (χ0) is 15.1. The van der Waals surface area contributed by atoms with Crippen LogP contribution in [-0.4, -0.2) is 25.3 Å². The number of hydrogen-bond donors (Lipinski definition) is 1. The Bertz CT molecular complexity index is 720. The number of nitrogens with zero attached hydrogens (tertiary/aromatic N) is 3. The minimum Gasteiger partial charge on any atom is -0.481 e. The average molecular weight is 277 g/mol. The van der Waals surface area contributed by atoms with E-state index in [-0.39, 0.29) is 17.4 Å². The predicted octanol–water partition coefficient (Wildman–Crippen LogP) is 1.44. The number of carbonyl (C=O) groups is 1. The van der Waals surface area contributed by atoms with Crippen molar-refractivity contribution in [2.75, 3.05) is 0 Å². The Balaban J connectivity index is 2.76. The van der Waals surface area contributed by atoms with E-state index in [0.29, 0.717) is 17.9 Å². The number of aliphatic carboxylic acids is 1. The number of hydrogen-bond acceptors (Lipinski definition) is 3. The fourth-order valence-corrected chi connectivity index (χ4v) is 2.19. The van der Waals surface area contributed by atoms with Crippen LogP contribution in [0.4, 0.5) is 0 Å². The standard InChI is InChI=1S/C14H19N3O3/c1-5-16-9(7-13(19)20)6-12(18)17-11(16)8-10(15-17)14(2,3)4/h6,8H,5,7H2,1-4H3,(H,19,20). The summed E-state index contributed by atoms with van der Waals surface area (Å²) in [4.78, 5) is 23.0. The Kier molecular flexibility index (Phi) is 3.41. The van der Waals surface area contributed by atoms with E-state index >= 15 is 0 Å². The summed E-state index contributed by atoms with van der Waals surface area (Å²) in [6, 6.07) is 3.21. The predicted molar refractivity (Wildman–Crippen MR) is 75.2 cm³/mol. The summed E-state index contributed by atoms with van der Waals surface area (Å²) in [6.45, 7) is 8.57. The van der Waals surface area contributed by atoms with Crippen molar-refractivity contribution in [2.24, 2.45) is 0 Å². The van der Waals surface area contributed by atoms with Crippen molar-refractivity contribution in [3.8, 4) is 0 Å². The molecule has 6 heteroatoms. The molecule has 0 aliphatic heterocycles. The lowest BCUT2D eigenvalue weighted by molar-refractivity contribution is -0.136. The van der Waals surface area contributed by atoms with Crippen molar-refractivity contribution in [1.29, 1.82) is 0 Å². The Morgan fingerprint density at radius 2 is 2.00 bits per heavy atom. The van der Waals surface area contributed by atoms with Crippen LogP contribution in [0.5, 0.6) is 0 Å². The Labute approximate surface area is 116 Å². The highest BCUT2D eigenvalue weighted by Crippen LogP contribution is 2.22. The first-order valence-corrected chi connectivity index (χ1v) is 6.59. The summed E-state index contributed by atoms with van der Waals surface area (Å²) in [5.74, 6) is -0.952. The second kappa shape index (κ2) is 4.77. The van der Waals surface area contributed by atoms with Gasteiger partial charge in [-0.2, -0.15) is 9.61 Å². The largest absolute Gasteiger partial charge is 0.481 e. The normalized spacial score (nSPS) is 12.0. The lowest BCUT2D eigenvalue weighted by Gasteiger charge is -2.13. The van der Waals surface area contributed by atoms with Gasteiger partial charge >= 0.3 is 5.97 Å². The zero-order valence-corrected chi connectivity index (χ0v) is 12.2. The molecule has 2 heterocycles. The lowest BCUT2D eigenvalue weighted by atomic mass is 9.93. The minimum absolute atomic E-state index is 0.170. The van der Waals surface area contributed by atoms with Gasteiger partial charge in [-0.3, -0.25) is 9.59 Å². The molecule has 0 atom stereocenters. The van der Waals surface area contributed by atoms with Gasteiger partial charge in [0.2, 0.25) is 0 Å². The summed E-state index contributed by atoms with van der Waals surface area (Å²) in [5.41, 5.74) is 1.48. The second-order valence-corrected chi connectivity index (χ2v) is 5.84. The molecular weight excluding hydrogens is 258 g/mol. The molecule has 1 N–H and O–H groups in total. The van der Waals surface area contributed by atoms with Gasteiger partial charge in [0.05, 0.1) is 12.1 Å². The molecule has 0 fully saturated rings. The van der Waals surface area contributed by atoms with Gasteiger partial charge in [0.15, 0.2) is 0 Å². The monoisotopic (exact) mass is 277 g/mol. The van der Waals surface area contributed by atoms with E-state index in [4.69, 9.17) is 5.11 Å². The van der Waals surface area contributed by atoms with Crippen LogP contribution >= 0.6 is 0 Å². The summed E-state index contributed by atoms with van der Waals surface area (Å²) >= 11 is 0. The molecule has 6 nitrogen and oxygen atoms in total. The van der Waals surface area contributed by atoms with Crippen LogP contribution < -0.4 is 5.56 Å². The van der Waals surface area contributed by atoms with Crippen LogP contribution in [0, 0.1) is 0 Å². The van der Waals surface area contributed by atoms with Crippen LogP contribution in [0.3, 0.4) is 0 Å². The van der Waals surface area contributed by atoms with Crippen LogP contribution in [0.1, 0.15) is 39.1 Å². The molecular formula is C14H19N3O3. The molecule has 0 amide bonds. The molecule has 0 radical (unpaired) electrons. The number of fused-ring (bicyclic) bond motifs is 1. The van der Waals surface area contributed by atoms with Gasteiger partial charge in [0.25, 0.3) is 5.56 Å². The highest BCUT2D eigenvalue weighted by Gasteiger charge is 2.20. The number of carboxylic acids is 1. The fraction of sp³-hybridized carbons (Fsp3) is 0.500. The third kappa shape index (κ3) is 2.45. The van der Waals surface area contributed by atoms with Crippen LogP contribution in [0.15, 0.2) is 16.9 Å². The van der Waals surface area contributed by atoms with Crippen molar-refractivity contribution < 1.29 is 9.90 Å². The van der Waals surface area contributed by atoms with Gasteiger partial charge in [-0.15, -0.1) is 0 Å².